The average molecular weight is 369 g/mol. The van der Waals surface area contributed by atoms with Crippen LogP contribution in [0.2, 0.25) is 0 Å². The van der Waals surface area contributed by atoms with Crippen molar-refractivity contribution in [2.24, 2.45) is 0 Å². The maximum absolute atomic E-state index is 13.1. The maximum Gasteiger partial charge on any atom is 0.416 e. The number of amides is 1. The van der Waals surface area contributed by atoms with Crippen LogP contribution < -0.4 is 15.4 Å². The van der Waals surface area contributed by atoms with Gasteiger partial charge in [-0.25, -0.2) is 0 Å². The highest BCUT2D eigenvalue weighted by atomic mass is 35.5. The Balaban J connectivity index is 0.00000288. The molecular formula is C15H20ClF3N2O3. The molecule has 1 heterocycles. The Morgan fingerprint density at radius 1 is 1.46 bits per heavy atom. The molecule has 5 nitrogen and oxygen atoms in total. The summed E-state index contributed by atoms with van der Waals surface area (Å²) in [5.41, 5.74) is -0.839. The molecule has 24 heavy (non-hydrogen) atoms. The zero-order valence-electron chi connectivity index (χ0n) is 13.3. The molecule has 1 fully saturated rings. The molecule has 1 aliphatic rings. The monoisotopic (exact) mass is 368 g/mol. The van der Waals surface area contributed by atoms with E-state index in [-0.39, 0.29) is 42.3 Å². The minimum Gasteiger partial charge on any atom is -0.497 e. The van der Waals surface area contributed by atoms with E-state index >= 15 is 0 Å². The van der Waals surface area contributed by atoms with Crippen LogP contribution in [-0.4, -0.2) is 38.3 Å². The SMILES string of the molecule is COc1ccc(CNC(=O)[C@H]2NCCO[C@@H]2C)c(C(F)(F)F)c1.Cl. The van der Waals surface area contributed by atoms with Crippen molar-refractivity contribution < 1.29 is 27.4 Å². The van der Waals surface area contributed by atoms with Crippen molar-refractivity contribution in [3.8, 4) is 5.75 Å². The summed E-state index contributed by atoms with van der Waals surface area (Å²) in [7, 11) is 1.30. The Morgan fingerprint density at radius 3 is 2.75 bits per heavy atom. The summed E-state index contributed by atoms with van der Waals surface area (Å²) in [4.78, 5) is 12.1. The van der Waals surface area contributed by atoms with Gasteiger partial charge in [-0.15, -0.1) is 12.4 Å². The van der Waals surface area contributed by atoms with Crippen molar-refractivity contribution in [1.82, 2.24) is 10.6 Å². The number of alkyl halides is 3. The Kier molecular flexibility index (Phi) is 7.31. The number of benzene rings is 1. The molecule has 0 bridgehead atoms. The highest BCUT2D eigenvalue weighted by molar-refractivity contribution is 5.85. The topological polar surface area (TPSA) is 59.6 Å². The largest absolute Gasteiger partial charge is 0.497 e. The van der Waals surface area contributed by atoms with Gasteiger partial charge in [0.05, 0.1) is 25.4 Å². The van der Waals surface area contributed by atoms with Gasteiger partial charge < -0.3 is 20.1 Å². The zero-order chi connectivity index (χ0) is 17.0. The highest BCUT2D eigenvalue weighted by Gasteiger charge is 2.34. The molecule has 1 aromatic rings. The van der Waals surface area contributed by atoms with Crippen LogP contribution in [0.25, 0.3) is 0 Å². The minimum atomic E-state index is -4.52. The Hall–Kier alpha value is -1.51. The fourth-order valence-corrected chi connectivity index (χ4v) is 2.42. The lowest BCUT2D eigenvalue weighted by Gasteiger charge is -2.29. The Bertz CT molecular complexity index is 569. The number of nitrogens with one attached hydrogen (secondary N) is 2. The van der Waals surface area contributed by atoms with Crippen molar-refractivity contribution >= 4 is 18.3 Å². The van der Waals surface area contributed by atoms with Gasteiger partial charge in [-0.1, -0.05) is 6.07 Å². The van der Waals surface area contributed by atoms with E-state index in [0.29, 0.717) is 13.2 Å². The molecule has 0 aromatic heterocycles. The van der Waals surface area contributed by atoms with E-state index in [2.05, 4.69) is 10.6 Å². The van der Waals surface area contributed by atoms with Gasteiger partial charge >= 0.3 is 6.18 Å². The van der Waals surface area contributed by atoms with Crippen LogP contribution in [0.15, 0.2) is 18.2 Å². The molecule has 0 saturated carbocycles. The summed E-state index contributed by atoms with van der Waals surface area (Å²) < 4.78 is 49.5. The molecule has 2 N–H and O–H groups in total. The average Bonchev–Trinajstić information content (AvgIpc) is 2.52. The van der Waals surface area contributed by atoms with Gasteiger partial charge in [0, 0.05) is 13.1 Å². The molecule has 0 unspecified atom stereocenters. The first kappa shape index (κ1) is 20.5. The van der Waals surface area contributed by atoms with E-state index in [4.69, 9.17) is 9.47 Å². The van der Waals surface area contributed by atoms with Crippen molar-refractivity contribution in [2.45, 2.75) is 31.8 Å². The smallest absolute Gasteiger partial charge is 0.416 e. The third kappa shape index (κ3) is 4.99. The summed E-state index contributed by atoms with van der Waals surface area (Å²) >= 11 is 0. The maximum atomic E-state index is 13.1. The van der Waals surface area contributed by atoms with Crippen LogP contribution >= 0.6 is 12.4 Å². The first-order chi connectivity index (χ1) is 10.8. The molecule has 0 radical (unpaired) electrons. The minimum absolute atomic E-state index is 0. The highest BCUT2D eigenvalue weighted by Crippen LogP contribution is 2.34. The second-order valence-electron chi connectivity index (χ2n) is 5.25. The Morgan fingerprint density at radius 2 is 2.17 bits per heavy atom. The lowest BCUT2D eigenvalue weighted by molar-refractivity contribution is -0.139. The molecule has 0 spiro atoms. The van der Waals surface area contributed by atoms with Crippen molar-refractivity contribution in [3.05, 3.63) is 29.3 Å². The molecule has 9 heteroatoms. The lowest BCUT2D eigenvalue weighted by Crippen LogP contribution is -2.55. The number of hydrogen-bond acceptors (Lipinski definition) is 4. The predicted molar refractivity (Wildman–Crippen MR) is 84.3 cm³/mol. The fraction of sp³-hybridized carbons (Fsp3) is 0.533. The molecule has 2 rings (SSSR count). The van der Waals surface area contributed by atoms with Crippen LogP contribution in [0.3, 0.4) is 0 Å². The van der Waals surface area contributed by atoms with Gasteiger partial charge in [0.15, 0.2) is 0 Å². The number of morpholine rings is 1. The van der Waals surface area contributed by atoms with Crippen molar-refractivity contribution in [1.29, 1.82) is 0 Å². The van der Waals surface area contributed by atoms with E-state index in [1.54, 1.807) is 6.92 Å². The number of carbonyl (C=O) groups excluding carboxylic acids is 1. The van der Waals surface area contributed by atoms with Crippen LogP contribution in [0, 0.1) is 0 Å². The van der Waals surface area contributed by atoms with E-state index < -0.39 is 17.8 Å². The third-order valence-electron chi connectivity index (χ3n) is 3.67. The van der Waals surface area contributed by atoms with Crippen LogP contribution in [0.1, 0.15) is 18.1 Å². The molecule has 1 aliphatic heterocycles. The number of carbonyl (C=O) groups is 1. The summed E-state index contributed by atoms with van der Waals surface area (Å²) in [5.74, 6) is -0.274. The second-order valence-corrected chi connectivity index (χ2v) is 5.25. The molecule has 136 valence electrons. The van der Waals surface area contributed by atoms with Gasteiger partial charge in [0.2, 0.25) is 5.91 Å². The number of methoxy groups -OCH3 is 1. The van der Waals surface area contributed by atoms with Crippen LogP contribution in [-0.2, 0) is 22.3 Å². The molecule has 1 saturated heterocycles. The zero-order valence-corrected chi connectivity index (χ0v) is 14.1. The number of halogens is 4. The normalized spacial score (nSPS) is 20.9. The Labute approximate surface area is 144 Å². The van der Waals surface area contributed by atoms with E-state index in [0.717, 1.165) is 6.07 Å². The number of ether oxygens (including phenoxy) is 2. The van der Waals surface area contributed by atoms with Gasteiger partial charge in [-0.3, -0.25) is 4.79 Å². The quantitative estimate of drug-likeness (QED) is 0.854. The van der Waals surface area contributed by atoms with E-state index in [1.165, 1.54) is 19.2 Å². The summed E-state index contributed by atoms with van der Waals surface area (Å²) in [6, 6.07) is 3.08. The predicted octanol–water partition coefficient (Wildman–Crippen LogP) is 2.13. The molecule has 0 aliphatic carbocycles. The van der Waals surface area contributed by atoms with Crippen molar-refractivity contribution in [3.63, 3.8) is 0 Å². The van der Waals surface area contributed by atoms with Crippen LogP contribution in [0.5, 0.6) is 5.75 Å². The molecular weight excluding hydrogens is 349 g/mol. The number of rotatable bonds is 4. The van der Waals surface area contributed by atoms with Gasteiger partial charge in [0.25, 0.3) is 0 Å². The van der Waals surface area contributed by atoms with Gasteiger partial charge in [0.1, 0.15) is 11.8 Å². The molecule has 1 amide bonds. The summed E-state index contributed by atoms with van der Waals surface area (Å²) in [6.45, 7) is 2.55. The summed E-state index contributed by atoms with van der Waals surface area (Å²) in [6.07, 6.45) is -4.85. The molecule has 2 atom stereocenters. The summed E-state index contributed by atoms with van der Waals surface area (Å²) in [5, 5.41) is 5.52. The number of hydrogen-bond donors (Lipinski definition) is 2. The lowest BCUT2D eigenvalue weighted by atomic mass is 10.1. The fourth-order valence-electron chi connectivity index (χ4n) is 2.42. The second kappa shape index (κ2) is 8.55. The van der Waals surface area contributed by atoms with E-state index in [1.807, 2.05) is 0 Å². The van der Waals surface area contributed by atoms with Crippen molar-refractivity contribution in [2.75, 3.05) is 20.3 Å². The first-order valence-corrected chi connectivity index (χ1v) is 7.19. The molecule has 1 aromatic carbocycles. The van der Waals surface area contributed by atoms with Crippen LogP contribution in [0.4, 0.5) is 13.2 Å². The standard InChI is InChI=1S/C15H19F3N2O3.ClH/c1-9-13(19-5-6-23-9)14(21)20-8-10-3-4-11(22-2)7-12(10)15(16,17)18;/h3-4,7,9,13,19H,5-6,8H2,1-2H3,(H,20,21);1H/t9-,13+;/m1./s1. The van der Waals surface area contributed by atoms with E-state index in [9.17, 15) is 18.0 Å². The van der Waals surface area contributed by atoms with Gasteiger partial charge in [-0.05, 0) is 24.6 Å². The van der Waals surface area contributed by atoms with Gasteiger partial charge in [-0.2, -0.15) is 13.2 Å². The third-order valence-corrected chi connectivity index (χ3v) is 3.67. The first-order valence-electron chi connectivity index (χ1n) is 7.19.